The second-order valence-electron chi connectivity index (χ2n) is 5.52. The average molecular weight is 417 g/mol. The van der Waals surface area contributed by atoms with E-state index in [9.17, 15) is 13.2 Å². The Morgan fingerprint density at radius 2 is 1.85 bits per heavy atom. The van der Waals surface area contributed by atoms with Crippen LogP contribution in [0.4, 0.5) is 11.4 Å². The minimum atomic E-state index is -3.81. The van der Waals surface area contributed by atoms with Crippen LogP contribution in [0.25, 0.3) is 0 Å². The molecule has 26 heavy (non-hydrogen) atoms. The number of amides is 1. The van der Waals surface area contributed by atoms with Gasteiger partial charge in [0.15, 0.2) is 0 Å². The van der Waals surface area contributed by atoms with E-state index in [1.54, 1.807) is 24.3 Å². The molecule has 0 saturated carbocycles. The van der Waals surface area contributed by atoms with Gasteiger partial charge in [-0.25, -0.2) is 8.42 Å². The van der Waals surface area contributed by atoms with Crippen molar-refractivity contribution in [1.82, 2.24) is 0 Å². The molecule has 1 N–H and O–H groups in total. The maximum atomic E-state index is 12.7. The molecule has 0 fully saturated rings. The van der Waals surface area contributed by atoms with Crippen molar-refractivity contribution in [3.8, 4) is 5.75 Å². The Morgan fingerprint density at radius 3 is 2.46 bits per heavy atom. The molecule has 1 amide bonds. The molecule has 0 saturated heterocycles. The number of nitrogens with one attached hydrogen (secondary N) is 1. The van der Waals surface area contributed by atoms with E-state index in [4.69, 9.17) is 27.9 Å². The lowest BCUT2D eigenvalue weighted by molar-refractivity contribution is -0.116. The minimum Gasteiger partial charge on any atom is -0.495 e. The largest absolute Gasteiger partial charge is 0.495 e. The van der Waals surface area contributed by atoms with Gasteiger partial charge in [0.2, 0.25) is 15.9 Å². The van der Waals surface area contributed by atoms with Crippen molar-refractivity contribution >= 4 is 50.5 Å². The summed E-state index contributed by atoms with van der Waals surface area (Å²) in [6.07, 6.45) is 0.997. The molecule has 0 spiro atoms. The molecule has 0 aromatic heterocycles. The lowest BCUT2D eigenvalue weighted by Gasteiger charge is -2.29. The number of hydrogen-bond acceptors (Lipinski definition) is 4. The average Bonchev–Trinajstić information content (AvgIpc) is 2.57. The molecule has 1 atom stereocenters. The van der Waals surface area contributed by atoms with Gasteiger partial charge in [0, 0.05) is 5.02 Å². The molecule has 0 bridgehead atoms. The number of rotatable bonds is 6. The number of carbonyl (C=O) groups excluding carboxylic acids is 1. The fourth-order valence-electron chi connectivity index (χ4n) is 2.42. The van der Waals surface area contributed by atoms with E-state index in [0.717, 1.165) is 10.6 Å². The normalized spacial score (nSPS) is 12.3. The second-order valence-corrected chi connectivity index (χ2v) is 8.22. The highest BCUT2D eigenvalue weighted by Gasteiger charge is 2.31. The predicted molar refractivity (Wildman–Crippen MR) is 105 cm³/mol. The lowest BCUT2D eigenvalue weighted by atomic mass is 10.2. The number of methoxy groups -OCH3 is 1. The summed E-state index contributed by atoms with van der Waals surface area (Å²) in [5.41, 5.74) is 0.557. The molecule has 0 aliphatic heterocycles. The summed E-state index contributed by atoms with van der Waals surface area (Å²) < 4.78 is 30.8. The van der Waals surface area contributed by atoms with Gasteiger partial charge >= 0.3 is 0 Å². The van der Waals surface area contributed by atoms with Crippen LogP contribution >= 0.6 is 23.2 Å². The standard InChI is InChI=1S/C17H18Cl2N2O4S/c1-11(17(22)20-14-6-4-5-7-16(14)25-2)21(26(3,23)24)15-10-12(18)8-9-13(15)19/h4-11H,1-3H3,(H,20,22)/t11-/m0/s1. The zero-order chi connectivity index (χ0) is 19.5. The highest BCUT2D eigenvalue weighted by atomic mass is 35.5. The van der Waals surface area contributed by atoms with E-state index in [-0.39, 0.29) is 10.7 Å². The number of ether oxygens (including phenoxy) is 1. The topological polar surface area (TPSA) is 75.7 Å². The van der Waals surface area contributed by atoms with Crippen LogP contribution < -0.4 is 14.4 Å². The first-order chi connectivity index (χ1) is 12.1. The molecule has 2 aromatic rings. The third-order valence-corrected chi connectivity index (χ3v) is 5.38. The molecule has 2 rings (SSSR count). The van der Waals surface area contributed by atoms with Gasteiger partial charge in [0.05, 0.1) is 29.8 Å². The van der Waals surface area contributed by atoms with Crippen LogP contribution in [0.5, 0.6) is 5.75 Å². The van der Waals surface area contributed by atoms with Crippen molar-refractivity contribution in [2.24, 2.45) is 0 Å². The second kappa shape index (κ2) is 8.16. The van der Waals surface area contributed by atoms with Gasteiger partial charge < -0.3 is 10.1 Å². The number of para-hydroxylation sites is 2. The fraction of sp³-hybridized carbons (Fsp3) is 0.235. The number of hydrogen-bond donors (Lipinski definition) is 1. The summed E-state index contributed by atoms with van der Waals surface area (Å²) in [4.78, 5) is 12.7. The quantitative estimate of drug-likeness (QED) is 0.776. The first-order valence-electron chi connectivity index (χ1n) is 7.53. The minimum absolute atomic E-state index is 0.129. The van der Waals surface area contributed by atoms with Gasteiger partial charge in [-0.2, -0.15) is 0 Å². The highest BCUT2D eigenvalue weighted by molar-refractivity contribution is 7.92. The highest BCUT2D eigenvalue weighted by Crippen LogP contribution is 2.32. The van der Waals surface area contributed by atoms with Crippen molar-refractivity contribution in [1.29, 1.82) is 0 Å². The first kappa shape index (κ1) is 20.4. The van der Waals surface area contributed by atoms with Gasteiger partial charge in [-0.05, 0) is 37.3 Å². The first-order valence-corrected chi connectivity index (χ1v) is 10.1. The van der Waals surface area contributed by atoms with Crippen LogP contribution in [0.15, 0.2) is 42.5 Å². The van der Waals surface area contributed by atoms with Gasteiger partial charge in [0.1, 0.15) is 11.8 Å². The summed E-state index contributed by atoms with van der Waals surface area (Å²) in [6, 6.07) is 10.2. The maximum absolute atomic E-state index is 12.7. The summed E-state index contributed by atoms with van der Waals surface area (Å²) in [5, 5.41) is 3.14. The van der Waals surface area contributed by atoms with Crippen LogP contribution in [-0.2, 0) is 14.8 Å². The number of halogens is 2. The third kappa shape index (κ3) is 4.60. The van der Waals surface area contributed by atoms with Crippen molar-refractivity contribution < 1.29 is 17.9 Å². The molecule has 6 nitrogen and oxygen atoms in total. The molecule has 2 aromatic carbocycles. The van der Waals surface area contributed by atoms with Crippen molar-refractivity contribution in [3.05, 3.63) is 52.5 Å². The number of anilines is 2. The van der Waals surface area contributed by atoms with Crippen molar-refractivity contribution in [3.63, 3.8) is 0 Å². The van der Waals surface area contributed by atoms with E-state index in [0.29, 0.717) is 16.5 Å². The molecule has 0 aliphatic rings. The van der Waals surface area contributed by atoms with E-state index in [1.165, 1.54) is 32.2 Å². The molecule has 0 radical (unpaired) electrons. The van der Waals surface area contributed by atoms with Crippen LogP contribution in [0.1, 0.15) is 6.92 Å². The molecule has 9 heteroatoms. The maximum Gasteiger partial charge on any atom is 0.248 e. The van der Waals surface area contributed by atoms with E-state index in [2.05, 4.69) is 5.32 Å². The molecule has 0 aliphatic carbocycles. The Morgan fingerprint density at radius 1 is 1.19 bits per heavy atom. The van der Waals surface area contributed by atoms with Crippen molar-refractivity contribution in [2.45, 2.75) is 13.0 Å². The van der Waals surface area contributed by atoms with E-state index in [1.807, 2.05) is 0 Å². The van der Waals surface area contributed by atoms with Crippen LogP contribution in [0.2, 0.25) is 10.0 Å². The molecule has 140 valence electrons. The monoisotopic (exact) mass is 416 g/mol. The molecule has 0 heterocycles. The lowest BCUT2D eigenvalue weighted by Crippen LogP contribution is -2.45. The van der Waals surface area contributed by atoms with Gasteiger partial charge in [-0.3, -0.25) is 9.10 Å². The Labute approximate surface area is 162 Å². The van der Waals surface area contributed by atoms with Crippen LogP contribution in [0, 0.1) is 0 Å². The molecular weight excluding hydrogens is 399 g/mol. The summed E-state index contributed by atoms with van der Waals surface area (Å²) in [6.45, 7) is 1.46. The molecule has 0 unspecified atom stereocenters. The van der Waals surface area contributed by atoms with E-state index < -0.39 is 22.0 Å². The number of benzene rings is 2. The van der Waals surface area contributed by atoms with Gasteiger partial charge in [-0.1, -0.05) is 35.3 Å². The summed E-state index contributed by atoms with van der Waals surface area (Å²) >= 11 is 12.1. The number of carbonyl (C=O) groups is 1. The Balaban J connectivity index is 2.40. The number of nitrogens with zero attached hydrogens (tertiary/aromatic N) is 1. The van der Waals surface area contributed by atoms with Crippen LogP contribution in [-0.4, -0.2) is 33.7 Å². The Bertz CT molecular complexity index is 919. The smallest absolute Gasteiger partial charge is 0.248 e. The van der Waals surface area contributed by atoms with Crippen molar-refractivity contribution in [2.75, 3.05) is 23.0 Å². The Hall–Kier alpha value is -1.96. The fourth-order valence-corrected chi connectivity index (χ4v) is 4.02. The third-order valence-electron chi connectivity index (χ3n) is 3.60. The Kier molecular flexibility index (Phi) is 6.39. The summed E-state index contributed by atoms with van der Waals surface area (Å²) in [7, 11) is -2.34. The number of sulfonamides is 1. The van der Waals surface area contributed by atoms with Gasteiger partial charge in [0.25, 0.3) is 0 Å². The zero-order valence-corrected chi connectivity index (χ0v) is 16.7. The summed E-state index contributed by atoms with van der Waals surface area (Å²) in [5.74, 6) is -0.0873. The van der Waals surface area contributed by atoms with E-state index >= 15 is 0 Å². The van der Waals surface area contributed by atoms with Crippen LogP contribution in [0.3, 0.4) is 0 Å². The zero-order valence-electron chi connectivity index (χ0n) is 14.4. The SMILES string of the molecule is COc1ccccc1NC(=O)[C@H](C)N(c1cc(Cl)ccc1Cl)S(C)(=O)=O. The molecular formula is C17H18Cl2N2O4S. The van der Waals surface area contributed by atoms with Gasteiger partial charge in [-0.15, -0.1) is 0 Å². The predicted octanol–water partition coefficient (Wildman–Crippen LogP) is 3.80.